The van der Waals surface area contributed by atoms with Gasteiger partial charge in [-0.15, -0.1) is 0 Å². The lowest BCUT2D eigenvalue weighted by Gasteiger charge is -2.37. The van der Waals surface area contributed by atoms with Crippen molar-refractivity contribution < 1.29 is 9.28 Å². The Morgan fingerprint density at radius 2 is 1.64 bits per heavy atom. The molecule has 0 spiro atoms. The van der Waals surface area contributed by atoms with Crippen LogP contribution >= 0.6 is 0 Å². The summed E-state index contributed by atoms with van der Waals surface area (Å²) in [6.45, 7) is 8.74. The van der Waals surface area contributed by atoms with Gasteiger partial charge in [0.15, 0.2) is 6.17 Å². The van der Waals surface area contributed by atoms with Crippen LogP contribution in [0.25, 0.3) is 0 Å². The number of carbonyl (C=O) groups is 1. The molecule has 1 amide bonds. The van der Waals surface area contributed by atoms with Crippen molar-refractivity contribution in [1.29, 1.82) is 0 Å². The average Bonchev–Trinajstić information content (AvgIpc) is 3.08. The molecule has 0 aromatic heterocycles. The zero-order chi connectivity index (χ0) is 20.5. The van der Waals surface area contributed by atoms with Crippen LogP contribution in [0.4, 0.5) is 0 Å². The molecule has 0 aromatic rings. The van der Waals surface area contributed by atoms with Crippen LogP contribution in [0.3, 0.4) is 0 Å². The first-order valence-corrected chi connectivity index (χ1v) is 11.8. The molecule has 4 heteroatoms. The van der Waals surface area contributed by atoms with Crippen molar-refractivity contribution in [2.24, 2.45) is 0 Å². The van der Waals surface area contributed by atoms with Crippen molar-refractivity contribution in [1.82, 2.24) is 10.6 Å². The first-order valence-electron chi connectivity index (χ1n) is 11.8. The zero-order valence-electron chi connectivity index (χ0n) is 18.8. The van der Waals surface area contributed by atoms with Crippen LogP contribution in [0, 0.1) is 0 Å². The fraction of sp³-hybridized carbons (Fsp3) is 0.792. The Morgan fingerprint density at radius 3 is 2.21 bits per heavy atom. The number of allylic oxidation sites excluding steroid dienone is 2. The topological polar surface area (TPSA) is 41.1 Å². The Balaban J connectivity index is 2.03. The van der Waals surface area contributed by atoms with Crippen molar-refractivity contribution in [3.05, 3.63) is 24.6 Å². The van der Waals surface area contributed by atoms with Gasteiger partial charge in [-0.1, -0.05) is 63.5 Å². The highest BCUT2D eigenvalue weighted by Crippen LogP contribution is 2.23. The van der Waals surface area contributed by atoms with Gasteiger partial charge in [0.1, 0.15) is 12.7 Å². The summed E-state index contributed by atoms with van der Waals surface area (Å²) in [6.07, 6.45) is 25.6. The summed E-state index contributed by atoms with van der Waals surface area (Å²) in [4.78, 5) is 11.1. The molecule has 0 fully saturated rings. The van der Waals surface area contributed by atoms with E-state index in [1.54, 1.807) is 6.92 Å². The molecule has 0 saturated heterocycles. The number of nitrogens with one attached hydrogen (secondary N) is 2. The number of rotatable bonds is 17. The molecule has 28 heavy (non-hydrogen) atoms. The second-order valence-electron chi connectivity index (χ2n) is 8.31. The van der Waals surface area contributed by atoms with Crippen LogP contribution in [0.2, 0.25) is 0 Å². The average molecular weight is 393 g/mol. The number of likely N-dealkylation sites (N-methyl/N-ethyl adjacent to an activating group) is 1. The molecule has 1 heterocycles. The van der Waals surface area contributed by atoms with Crippen LogP contribution in [0.15, 0.2) is 24.6 Å². The quantitative estimate of drug-likeness (QED) is 0.192. The molecule has 1 rings (SSSR count). The monoisotopic (exact) mass is 392 g/mol. The second kappa shape index (κ2) is 15.6. The van der Waals surface area contributed by atoms with Gasteiger partial charge in [0.2, 0.25) is 5.91 Å². The molecular weight excluding hydrogens is 346 g/mol. The molecule has 4 nitrogen and oxygen atoms in total. The minimum Gasteiger partial charge on any atom is -0.351 e. The highest BCUT2D eigenvalue weighted by atomic mass is 16.1. The Morgan fingerprint density at radius 1 is 1.04 bits per heavy atom. The van der Waals surface area contributed by atoms with Gasteiger partial charge in [-0.3, -0.25) is 9.28 Å². The molecule has 0 radical (unpaired) electrons. The molecule has 1 aliphatic rings. The fourth-order valence-corrected chi connectivity index (χ4v) is 4.23. The maximum absolute atomic E-state index is 11.1. The zero-order valence-corrected chi connectivity index (χ0v) is 18.8. The summed E-state index contributed by atoms with van der Waals surface area (Å²) in [5.74, 6) is 0.0654. The molecule has 1 aliphatic heterocycles. The lowest BCUT2D eigenvalue weighted by molar-refractivity contribution is -0.898. The van der Waals surface area contributed by atoms with Gasteiger partial charge in [-0.25, -0.2) is 0 Å². The number of amides is 1. The molecule has 0 saturated carbocycles. The molecule has 2 atom stereocenters. The van der Waals surface area contributed by atoms with Gasteiger partial charge in [0.05, 0.1) is 19.3 Å². The van der Waals surface area contributed by atoms with Gasteiger partial charge < -0.3 is 10.6 Å². The van der Waals surface area contributed by atoms with Crippen LogP contribution < -0.4 is 10.6 Å². The van der Waals surface area contributed by atoms with Crippen LogP contribution in [0.5, 0.6) is 0 Å². The number of hydrogen-bond donors (Lipinski definition) is 2. The van der Waals surface area contributed by atoms with E-state index in [1.807, 2.05) is 0 Å². The summed E-state index contributed by atoms with van der Waals surface area (Å²) in [5, 5.41) is 6.51. The van der Waals surface area contributed by atoms with E-state index in [1.165, 1.54) is 77.0 Å². The van der Waals surface area contributed by atoms with Gasteiger partial charge >= 0.3 is 0 Å². The van der Waals surface area contributed by atoms with E-state index < -0.39 is 0 Å². The Hall–Kier alpha value is -1.29. The molecule has 0 bridgehead atoms. The van der Waals surface area contributed by atoms with Crippen molar-refractivity contribution in [2.45, 2.75) is 104 Å². The molecular formula is C24H46N3O+. The van der Waals surface area contributed by atoms with Gasteiger partial charge in [0, 0.05) is 13.3 Å². The number of hydrogen-bond acceptors (Lipinski definition) is 2. The maximum Gasteiger partial charge on any atom is 0.217 e. The van der Waals surface area contributed by atoms with E-state index in [4.69, 9.17) is 0 Å². The smallest absolute Gasteiger partial charge is 0.217 e. The molecule has 162 valence electrons. The van der Waals surface area contributed by atoms with E-state index in [9.17, 15) is 4.79 Å². The predicted molar refractivity (Wildman–Crippen MR) is 121 cm³/mol. The third kappa shape index (κ3) is 10.3. The van der Waals surface area contributed by atoms with E-state index in [-0.39, 0.29) is 5.91 Å². The van der Waals surface area contributed by atoms with E-state index in [0.29, 0.717) is 6.17 Å². The molecule has 0 aliphatic carbocycles. The number of carbonyl (C=O) groups excluding carboxylic acids is 1. The summed E-state index contributed by atoms with van der Waals surface area (Å²) < 4.78 is 0.953. The standard InChI is InChI=1S/C24H45N3O/c1-4-6-7-8-9-10-11-12-13-14-15-16-17-18-24-26-20-22-27(24,5-2)21-19-25-23(3)28/h4,6,20,22,24,26H,5,7-19,21H2,1-3H3/p+1/b6-4+. The Kier molecular flexibility index (Phi) is 13.8. The minimum atomic E-state index is 0.0654. The van der Waals surface area contributed by atoms with Gasteiger partial charge in [-0.2, -0.15) is 0 Å². The lowest BCUT2D eigenvalue weighted by atomic mass is 10.0. The summed E-state index contributed by atoms with van der Waals surface area (Å²) >= 11 is 0. The SMILES string of the molecule is C/C=C/CCCCCCCCCCCCC1NC=C[N+]1(CC)CCNC(C)=O. The van der Waals surface area contributed by atoms with Gasteiger partial charge in [0.25, 0.3) is 0 Å². The molecule has 0 aromatic carbocycles. The first kappa shape index (κ1) is 24.7. The van der Waals surface area contributed by atoms with Crippen molar-refractivity contribution in [2.75, 3.05) is 19.6 Å². The van der Waals surface area contributed by atoms with Crippen LogP contribution in [-0.2, 0) is 4.79 Å². The van der Waals surface area contributed by atoms with Crippen molar-refractivity contribution in [3.63, 3.8) is 0 Å². The number of quaternary nitrogens is 1. The predicted octanol–water partition coefficient (Wildman–Crippen LogP) is 5.62. The van der Waals surface area contributed by atoms with Gasteiger partial charge in [-0.05, 0) is 33.1 Å². The van der Waals surface area contributed by atoms with Crippen molar-refractivity contribution >= 4 is 5.91 Å². The summed E-state index contributed by atoms with van der Waals surface area (Å²) in [7, 11) is 0. The van der Waals surface area contributed by atoms with E-state index in [0.717, 1.165) is 24.1 Å². The second-order valence-corrected chi connectivity index (χ2v) is 8.31. The van der Waals surface area contributed by atoms with Crippen LogP contribution in [-0.4, -0.2) is 36.2 Å². The van der Waals surface area contributed by atoms with Crippen LogP contribution in [0.1, 0.15) is 97.8 Å². The largest absolute Gasteiger partial charge is 0.351 e. The Bertz CT molecular complexity index is 461. The number of unbranched alkanes of at least 4 members (excludes halogenated alkanes) is 10. The van der Waals surface area contributed by atoms with E-state index >= 15 is 0 Å². The minimum absolute atomic E-state index is 0.0654. The summed E-state index contributed by atoms with van der Waals surface area (Å²) in [6, 6.07) is 0. The van der Waals surface area contributed by atoms with E-state index in [2.05, 4.69) is 49.0 Å². The van der Waals surface area contributed by atoms with Crippen molar-refractivity contribution in [3.8, 4) is 0 Å². The third-order valence-corrected chi connectivity index (χ3v) is 6.11. The summed E-state index contributed by atoms with van der Waals surface area (Å²) in [5.41, 5.74) is 0. The maximum atomic E-state index is 11.1. The lowest BCUT2D eigenvalue weighted by Crippen LogP contribution is -2.55. The normalized spacial score (nSPS) is 21.3. The fourth-order valence-electron chi connectivity index (χ4n) is 4.23. The Labute approximate surface area is 174 Å². The molecule has 2 unspecified atom stereocenters. The highest BCUT2D eigenvalue weighted by Gasteiger charge is 2.36. The highest BCUT2D eigenvalue weighted by molar-refractivity contribution is 5.72. The molecule has 2 N–H and O–H groups in total. The third-order valence-electron chi connectivity index (χ3n) is 6.11. The number of nitrogens with zero attached hydrogens (tertiary/aromatic N) is 1. The first-order chi connectivity index (χ1) is 13.6.